The topological polar surface area (TPSA) is 78.4 Å². The van der Waals surface area contributed by atoms with E-state index < -0.39 is 11.8 Å². The summed E-state index contributed by atoms with van der Waals surface area (Å²) in [4.78, 5) is 24.2. The number of carbonyl (C=O) groups excluding carboxylic acids is 2. The van der Waals surface area contributed by atoms with E-state index in [4.69, 9.17) is 5.11 Å². The fraction of sp³-hybridized carbons (Fsp3) is 0.333. The van der Waals surface area contributed by atoms with Crippen molar-refractivity contribution in [2.45, 2.75) is 26.3 Å². The van der Waals surface area contributed by atoms with E-state index in [1.807, 2.05) is 50.2 Å². The lowest BCUT2D eigenvalue weighted by atomic mass is 10.0. The number of anilines is 1. The van der Waals surface area contributed by atoms with Crippen LogP contribution in [0.15, 0.2) is 42.5 Å². The van der Waals surface area contributed by atoms with Gasteiger partial charge in [-0.2, -0.15) is 0 Å². The average Bonchev–Trinajstić information content (AvgIpc) is 2.54. The van der Waals surface area contributed by atoms with Gasteiger partial charge in [0.1, 0.15) is 0 Å². The third-order valence-electron chi connectivity index (χ3n) is 3.81. The molecule has 2 rings (SSSR count). The molecule has 0 bridgehead atoms. The van der Waals surface area contributed by atoms with Crippen LogP contribution in [0.4, 0.5) is 5.69 Å². The van der Waals surface area contributed by atoms with E-state index in [1.54, 1.807) is 6.07 Å². The van der Waals surface area contributed by atoms with Crippen LogP contribution in [0.3, 0.4) is 0 Å². The minimum atomic E-state index is -0.704. The van der Waals surface area contributed by atoms with Crippen molar-refractivity contribution < 1.29 is 14.7 Å². The number of aliphatic hydroxyl groups excluding tert-OH is 1. The number of hydrogen-bond acceptors (Lipinski definition) is 3. The predicted octanol–water partition coefficient (Wildman–Crippen LogP) is 2.30. The summed E-state index contributed by atoms with van der Waals surface area (Å²) < 4.78 is 0. The second kappa shape index (κ2) is 7.74. The molecule has 0 aliphatic carbocycles. The summed E-state index contributed by atoms with van der Waals surface area (Å²) in [6.07, 6.45) is 0.422. The Hall–Kier alpha value is -2.40. The van der Waals surface area contributed by atoms with Crippen molar-refractivity contribution in [2.75, 3.05) is 11.9 Å². The molecular weight excluding hydrogens is 292 g/mol. The van der Waals surface area contributed by atoms with Crippen molar-refractivity contribution in [3.63, 3.8) is 0 Å². The molecule has 0 aromatic heterocycles. The standard InChI is InChI=1S/C18H22N2O3/c1-12(2)15(10-11-21)19-17(22)18(23)20-16-9-5-7-13-6-3-4-8-14(13)16/h3-9,12,15,21H,10-11H2,1-2H3,(H,19,22)(H,20,23). The van der Waals surface area contributed by atoms with E-state index in [0.29, 0.717) is 12.1 Å². The number of rotatable bonds is 5. The zero-order chi connectivity index (χ0) is 16.8. The molecule has 0 radical (unpaired) electrons. The number of aliphatic hydroxyl groups is 1. The van der Waals surface area contributed by atoms with Gasteiger partial charge in [0.05, 0.1) is 0 Å². The fourth-order valence-electron chi connectivity index (χ4n) is 2.46. The van der Waals surface area contributed by atoms with Gasteiger partial charge in [-0.1, -0.05) is 50.2 Å². The van der Waals surface area contributed by atoms with E-state index >= 15 is 0 Å². The van der Waals surface area contributed by atoms with Crippen molar-refractivity contribution >= 4 is 28.3 Å². The van der Waals surface area contributed by atoms with Crippen LogP contribution in [0, 0.1) is 5.92 Å². The predicted molar refractivity (Wildman–Crippen MR) is 91.0 cm³/mol. The van der Waals surface area contributed by atoms with Gasteiger partial charge in [-0.3, -0.25) is 9.59 Å². The Morgan fingerprint density at radius 2 is 1.74 bits per heavy atom. The maximum absolute atomic E-state index is 12.1. The lowest BCUT2D eigenvalue weighted by Gasteiger charge is -2.21. The molecule has 5 heteroatoms. The molecule has 3 N–H and O–H groups in total. The van der Waals surface area contributed by atoms with Gasteiger partial charge >= 0.3 is 11.8 Å². The van der Waals surface area contributed by atoms with Gasteiger partial charge in [-0.05, 0) is 23.8 Å². The summed E-state index contributed by atoms with van der Waals surface area (Å²) in [7, 11) is 0. The van der Waals surface area contributed by atoms with Gasteiger partial charge in [0, 0.05) is 23.7 Å². The third kappa shape index (κ3) is 4.29. The SMILES string of the molecule is CC(C)C(CCO)NC(=O)C(=O)Nc1cccc2ccccc12. The minimum Gasteiger partial charge on any atom is -0.396 e. The van der Waals surface area contributed by atoms with Crippen molar-refractivity contribution in [2.24, 2.45) is 5.92 Å². The lowest BCUT2D eigenvalue weighted by molar-refractivity contribution is -0.136. The van der Waals surface area contributed by atoms with Crippen LogP contribution in [0.2, 0.25) is 0 Å². The first-order chi connectivity index (χ1) is 11.0. The molecule has 2 aromatic carbocycles. The number of nitrogens with one attached hydrogen (secondary N) is 2. The van der Waals surface area contributed by atoms with E-state index in [0.717, 1.165) is 10.8 Å². The Labute approximate surface area is 135 Å². The molecule has 0 heterocycles. The Morgan fingerprint density at radius 3 is 2.43 bits per heavy atom. The normalized spacial score (nSPS) is 12.2. The highest BCUT2D eigenvalue weighted by atomic mass is 16.3. The minimum absolute atomic E-state index is 0.0337. The van der Waals surface area contributed by atoms with Crippen molar-refractivity contribution in [3.05, 3.63) is 42.5 Å². The van der Waals surface area contributed by atoms with Gasteiger partial charge in [-0.25, -0.2) is 0 Å². The highest BCUT2D eigenvalue weighted by Gasteiger charge is 2.21. The first-order valence-electron chi connectivity index (χ1n) is 7.73. The summed E-state index contributed by atoms with van der Waals surface area (Å²) >= 11 is 0. The molecule has 5 nitrogen and oxygen atoms in total. The van der Waals surface area contributed by atoms with Crippen molar-refractivity contribution in [1.82, 2.24) is 5.32 Å². The largest absolute Gasteiger partial charge is 0.396 e. The van der Waals surface area contributed by atoms with E-state index in [1.165, 1.54) is 0 Å². The Bertz CT molecular complexity index is 692. The first-order valence-corrected chi connectivity index (χ1v) is 7.73. The van der Waals surface area contributed by atoms with Crippen molar-refractivity contribution in [3.8, 4) is 0 Å². The molecule has 1 unspecified atom stereocenters. The van der Waals surface area contributed by atoms with Crippen molar-refractivity contribution in [1.29, 1.82) is 0 Å². The lowest BCUT2D eigenvalue weighted by Crippen LogP contribution is -2.44. The molecule has 0 aliphatic rings. The van der Waals surface area contributed by atoms with Crippen LogP contribution in [-0.2, 0) is 9.59 Å². The molecule has 0 fully saturated rings. The summed E-state index contributed by atoms with van der Waals surface area (Å²) in [5.41, 5.74) is 0.603. The van der Waals surface area contributed by atoms with Crippen LogP contribution < -0.4 is 10.6 Å². The molecule has 122 valence electrons. The van der Waals surface area contributed by atoms with Crippen LogP contribution in [0.25, 0.3) is 10.8 Å². The molecule has 0 spiro atoms. The first kappa shape index (κ1) is 17.0. The van der Waals surface area contributed by atoms with Gasteiger partial charge < -0.3 is 15.7 Å². The average molecular weight is 314 g/mol. The molecule has 1 atom stereocenters. The molecule has 2 aromatic rings. The number of amides is 2. The monoisotopic (exact) mass is 314 g/mol. The molecule has 0 aliphatic heterocycles. The zero-order valence-electron chi connectivity index (χ0n) is 13.4. The highest BCUT2D eigenvalue weighted by Crippen LogP contribution is 2.22. The second-order valence-electron chi connectivity index (χ2n) is 5.82. The molecule has 0 saturated carbocycles. The molecule has 0 saturated heterocycles. The number of hydrogen-bond donors (Lipinski definition) is 3. The second-order valence-corrected chi connectivity index (χ2v) is 5.82. The van der Waals surface area contributed by atoms with Crippen LogP contribution >= 0.6 is 0 Å². The summed E-state index contributed by atoms with van der Waals surface area (Å²) in [6, 6.07) is 13.0. The summed E-state index contributed by atoms with van der Waals surface area (Å²) in [5, 5.41) is 16.2. The highest BCUT2D eigenvalue weighted by molar-refractivity contribution is 6.40. The van der Waals surface area contributed by atoms with Crippen LogP contribution in [-0.4, -0.2) is 29.6 Å². The third-order valence-corrected chi connectivity index (χ3v) is 3.81. The number of fused-ring (bicyclic) bond motifs is 1. The summed E-state index contributed by atoms with van der Waals surface area (Å²) in [6.45, 7) is 3.83. The molecule has 2 amide bonds. The number of carbonyl (C=O) groups is 2. The van der Waals surface area contributed by atoms with Gasteiger partial charge in [-0.15, -0.1) is 0 Å². The Morgan fingerprint density at radius 1 is 1.04 bits per heavy atom. The molecule has 23 heavy (non-hydrogen) atoms. The quantitative estimate of drug-likeness (QED) is 0.741. The van der Waals surface area contributed by atoms with Crippen LogP contribution in [0.1, 0.15) is 20.3 Å². The fourth-order valence-corrected chi connectivity index (χ4v) is 2.46. The summed E-state index contributed by atoms with van der Waals surface area (Å²) in [5.74, 6) is -1.26. The smallest absolute Gasteiger partial charge is 0.313 e. The maximum Gasteiger partial charge on any atom is 0.313 e. The van der Waals surface area contributed by atoms with Gasteiger partial charge in [0.25, 0.3) is 0 Å². The van der Waals surface area contributed by atoms with E-state index in [-0.39, 0.29) is 18.6 Å². The van der Waals surface area contributed by atoms with Gasteiger partial charge in [0.15, 0.2) is 0 Å². The number of benzene rings is 2. The Balaban J connectivity index is 2.10. The Kier molecular flexibility index (Phi) is 5.71. The maximum atomic E-state index is 12.1. The van der Waals surface area contributed by atoms with Gasteiger partial charge in [0.2, 0.25) is 0 Å². The van der Waals surface area contributed by atoms with E-state index in [2.05, 4.69) is 10.6 Å². The van der Waals surface area contributed by atoms with E-state index in [9.17, 15) is 9.59 Å². The zero-order valence-corrected chi connectivity index (χ0v) is 13.4. The van der Waals surface area contributed by atoms with Crippen LogP contribution in [0.5, 0.6) is 0 Å². The molecular formula is C18H22N2O3.